The molecule has 29 heavy (non-hydrogen) atoms. The van der Waals surface area contributed by atoms with Crippen LogP contribution in [-0.4, -0.2) is 12.5 Å². The number of amides is 1. The highest BCUT2D eigenvalue weighted by Gasteiger charge is 2.50. The van der Waals surface area contributed by atoms with Crippen LogP contribution < -0.4 is 10.1 Å². The fourth-order valence-electron chi connectivity index (χ4n) is 6.55. The van der Waals surface area contributed by atoms with Gasteiger partial charge in [-0.05, 0) is 98.6 Å². The Hall–Kier alpha value is -1.81. The lowest BCUT2D eigenvalue weighted by atomic mass is 9.49. The van der Waals surface area contributed by atoms with Gasteiger partial charge >= 0.3 is 0 Å². The number of carbonyl (C=O) groups excluding carboxylic acids is 1. The highest BCUT2D eigenvalue weighted by molar-refractivity contribution is 7.12. The lowest BCUT2D eigenvalue weighted by Crippen LogP contribution is -2.51. The van der Waals surface area contributed by atoms with Gasteiger partial charge < -0.3 is 10.1 Å². The van der Waals surface area contributed by atoms with Crippen LogP contribution in [0.5, 0.6) is 5.75 Å². The van der Waals surface area contributed by atoms with Gasteiger partial charge in [0, 0.05) is 12.1 Å². The molecule has 1 N–H and O–H groups in total. The van der Waals surface area contributed by atoms with Crippen LogP contribution in [-0.2, 0) is 6.61 Å². The van der Waals surface area contributed by atoms with Gasteiger partial charge in [-0.25, -0.2) is 0 Å². The third kappa shape index (κ3) is 3.96. The smallest absolute Gasteiger partial charge is 0.261 e. The summed E-state index contributed by atoms with van der Waals surface area (Å²) in [6.45, 7) is 5.52. The molecular formula is C25H31NO2S. The van der Waals surface area contributed by atoms with Crippen LogP contribution in [0.4, 0.5) is 0 Å². The summed E-state index contributed by atoms with van der Waals surface area (Å²) < 4.78 is 5.97. The Kier molecular flexibility index (Phi) is 4.93. The molecule has 4 fully saturated rings. The second-order valence-corrected chi connectivity index (χ2v) is 10.9. The predicted octanol–water partition coefficient (Wildman–Crippen LogP) is 5.89. The van der Waals surface area contributed by atoms with Crippen LogP contribution in [0.2, 0.25) is 0 Å². The van der Waals surface area contributed by atoms with Gasteiger partial charge in [0.1, 0.15) is 12.4 Å². The van der Waals surface area contributed by atoms with Gasteiger partial charge in [-0.3, -0.25) is 4.79 Å². The summed E-state index contributed by atoms with van der Waals surface area (Å²) in [5.41, 5.74) is 3.84. The standard InChI is InChI=1S/C25H31NO2S/c1-16-3-4-22(17(2)5-16)28-13-21-9-23(29-14-21)24(27)26-15-25-10-18-6-19(11-25)8-20(7-18)12-25/h3-5,9,14,18-20H,6-8,10-13,15H2,1-2H3,(H,26,27). The highest BCUT2D eigenvalue weighted by atomic mass is 32.1. The molecule has 1 heterocycles. The average Bonchev–Trinajstić information content (AvgIpc) is 3.13. The first-order valence-corrected chi connectivity index (χ1v) is 11.9. The van der Waals surface area contributed by atoms with E-state index >= 15 is 0 Å². The molecule has 154 valence electrons. The second kappa shape index (κ2) is 7.46. The summed E-state index contributed by atoms with van der Waals surface area (Å²) in [7, 11) is 0. The van der Waals surface area contributed by atoms with Gasteiger partial charge in [0.25, 0.3) is 5.91 Å². The summed E-state index contributed by atoms with van der Waals surface area (Å²) in [5.74, 6) is 3.77. The molecule has 0 radical (unpaired) electrons. The number of carbonyl (C=O) groups is 1. The number of nitrogens with one attached hydrogen (secondary N) is 1. The van der Waals surface area contributed by atoms with Crippen molar-refractivity contribution >= 4 is 17.2 Å². The Morgan fingerprint density at radius 3 is 2.45 bits per heavy atom. The van der Waals surface area contributed by atoms with E-state index < -0.39 is 0 Å². The molecule has 0 saturated heterocycles. The number of hydrogen-bond acceptors (Lipinski definition) is 3. The summed E-state index contributed by atoms with van der Waals surface area (Å²) in [6, 6.07) is 8.21. The van der Waals surface area contributed by atoms with Crippen molar-refractivity contribution in [1.29, 1.82) is 0 Å². The zero-order valence-electron chi connectivity index (χ0n) is 17.5. The average molecular weight is 410 g/mol. The molecule has 1 aromatic heterocycles. The third-order valence-corrected chi connectivity index (χ3v) is 8.37. The zero-order valence-corrected chi connectivity index (χ0v) is 18.3. The quantitative estimate of drug-likeness (QED) is 0.646. The first-order chi connectivity index (χ1) is 14.0. The third-order valence-electron chi connectivity index (χ3n) is 7.39. The lowest BCUT2D eigenvalue weighted by Gasteiger charge is -2.56. The predicted molar refractivity (Wildman–Crippen MR) is 118 cm³/mol. The molecule has 3 nitrogen and oxygen atoms in total. The number of aryl methyl sites for hydroxylation is 2. The molecule has 4 bridgehead atoms. The zero-order chi connectivity index (χ0) is 20.0. The summed E-state index contributed by atoms with van der Waals surface area (Å²) in [5, 5.41) is 5.33. The van der Waals surface area contributed by atoms with E-state index in [-0.39, 0.29) is 5.91 Å². The Balaban J connectivity index is 1.17. The van der Waals surface area contributed by atoms with Crippen LogP contribution in [0.25, 0.3) is 0 Å². The van der Waals surface area contributed by atoms with Crippen molar-refractivity contribution in [3.05, 3.63) is 51.2 Å². The van der Waals surface area contributed by atoms with E-state index in [1.807, 2.05) is 17.5 Å². The first kappa shape index (κ1) is 19.2. The van der Waals surface area contributed by atoms with Crippen LogP contribution in [0.15, 0.2) is 29.6 Å². The molecule has 6 rings (SSSR count). The summed E-state index contributed by atoms with van der Waals surface area (Å²) >= 11 is 1.52. The molecule has 0 unspecified atom stereocenters. The van der Waals surface area contributed by atoms with Gasteiger partial charge in [-0.15, -0.1) is 11.3 Å². The largest absolute Gasteiger partial charge is 0.489 e. The van der Waals surface area contributed by atoms with Crippen LogP contribution in [0, 0.1) is 37.0 Å². The van der Waals surface area contributed by atoms with E-state index in [2.05, 4.69) is 31.3 Å². The van der Waals surface area contributed by atoms with Crippen LogP contribution in [0.1, 0.15) is 64.9 Å². The molecular weight excluding hydrogens is 378 g/mol. The van der Waals surface area contributed by atoms with E-state index in [9.17, 15) is 4.79 Å². The van der Waals surface area contributed by atoms with Crippen molar-refractivity contribution in [2.75, 3.05) is 6.54 Å². The molecule has 0 atom stereocenters. The molecule has 0 aliphatic heterocycles. The van der Waals surface area contributed by atoms with E-state index in [4.69, 9.17) is 4.74 Å². The summed E-state index contributed by atoms with van der Waals surface area (Å²) in [4.78, 5) is 13.6. The summed E-state index contributed by atoms with van der Waals surface area (Å²) in [6.07, 6.45) is 8.34. The fourth-order valence-corrected chi connectivity index (χ4v) is 7.37. The van der Waals surface area contributed by atoms with Crippen molar-refractivity contribution in [1.82, 2.24) is 5.32 Å². The van der Waals surface area contributed by atoms with Gasteiger partial charge in [0.2, 0.25) is 0 Å². The normalized spacial score (nSPS) is 29.8. The van der Waals surface area contributed by atoms with Crippen molar-refractivity contribution < 1.29 is 9.53 Å². The number of rotatable bonds is 6. The maximum Gasteiger partial charge on any atom is 0.261 e. The number of hydrogen-bond donors (Lipinski definition) is 1. The fraction of sp³-hybridized carbons (Fsp3) is 0.560. The molecule has 4 aliphatic rings. The molecule has 4 saturated carbocycles. The molecule has 1 amide bonds. The highest BCUT2D eigenvalue weighted by Crippen LogP contribution is 2.59. The van der Waals surface area contributed by atoms with Gasteiger partial charge in [0.05, 0.1) is 4.88 Å². The van der Waals surface area contributed by atoms with Crippen molar-refractivity contribution in [3.63, 3.8) is 0 Å². The SMILES string of the molecule is Cc1ccc(OCc2csc(C(=O)NCC34CC5CC(CC(C5)C3)C4)c2)c(C)c1. The Bertz CT molecular complexity index is 880. The maximum absolute atomic E-state index is 12.8. The molecule has 2 aromatic rings. The first-order valence-electron chi connectivity index (χ1n) is 11.0. The Morgan fingerprint density at radius 2 is 1.79 bits per heavy atom. The van der Waals surface area contributed by atoms with Crippen LogP contribution >= 0.6 is 11.3 Å². The topological polar surface area (TPSA) is 38.3 Å². The Labute approximate surface area is 177 Å². The van der Waals surface area contributed by atoms with Gasteiger partial charge in [-0.1, -0.05) is 17.7 Å². The van der Waals surface area contributed by atoms with E-state index in [1.165, 1.54) is 55.4 Å². The molecule has 0 spiro atoms. The lowest BCUT2D eigenvalue weighted by molar-refractivity contribution is -0.0503. The van der Waals surface area contributed by atoms with Crippen molar-refractivity contribution in [2.45, 2.75) is 59.0 Å². The second-order valence-electron chi connectivity index (χ2n) is 9.98. The minimum atomic E-state index is 0.0866. The maximum atomic E-state index is 12.8. The molecule has 1 aromatic carbocycles. The minimum Gasteiger partial charge on any atom is -0.489 e. The minimum absolute atomic E-state index is 0.0866. The van der Waals surface area contributed by atoms with Gasteiger partial charge in [-0.2, -0.15) is 0 Å². The van der Waals surface area contributed by atoms with Crippen LogP contribution in [0.3, 0.4) is 0 Å². The number of ether oxygens (including phenoxy) is 1. The molecule has 4 heteroatoms. The van der Waals surface area contributed by atoms with E-state index in [1.54, 1.807) is 0 Å². The number of benzene rings is 1. The van der Waals surface area contributed by atoms with Crippen molar-refractivity contribution in [2.24, 2.45) is 23.2 Å². The van der Waals surface area contributed by atoms with Gasteiger partial charge in [0.15, 0.2) is 0 Å². The molecule has 4 aliphatic carbocycles. The van der Waals surface area contributed by atoms with E-state index in [0.29, 0.717) is 12.0 Å². The van der Waals surface area contributed by atoms with E-state index in [0.717, 1.165) is 46.1 Å². The van der Waals surface area contributed by atoms with Crippen molar-refractivity contribution in [3.8, 4) is 5.75 Å². The Morgan fingerprint density at radius 1 is 1.10 bits per heavy atom. The number of thiophene rings is 1. The monoisotopic (exact) mass is 409 g/mol.